The number of hydrogen-bond donors (Lipinski definition) is 0. The molecule has 4 heteroatoms. The second-order valence-electron chi connectivity index (χ2n) is 10.8. The Morgan fingerprint density at radius 3 is 1.88 bits per heavy atom. The van der Waals surface area contributed by atoms with E-state index in [-0.39, 0.29) is 0 Å². The molecular formula is C39H23N3S. The predicted octanol–water partition coefficient (Wildman–Crippen LogP) is 10.7. The Balaban J connectivity index is 1.32. The van der Waals surface area contributed by atoms with Gasteiger partial charge in [0.05, 0.1) is 0 Å². The lowest BCUT2D eigenvalue weighted by atomic mass is 9.99. The Labute approximate surface area is 251 Å². The van der Waals surface area contributed by atoms with Crippen molar-refractivity contribution in [3.63, 3.8) is 0 Å². The van der Waals surface area contributed by atoms with Crippen LogP contribution in [-0.4, -0.2) is 15.0 Å². The topological polar surface area (TPSA) is 38.7 Å². The van der Waals surface area contributed by atoms with Gasteiger partial charge in [-0.25, -0.2) is 15.0 Å². The first-order valence-corrected chi connectivity index (χ1v) is 15.2. The number of nitrogens with zero attached hydrogens (tertiary/aromatic N) is 3. The highest BCUT2D eigenvalue weighted by molar-refractivity contribution is 7.27. The number of rotatable bonds is 3. The van der Waals surface area contributed by atoms with E-state index in [2.05, 4.69) is 121 Å². The summed E-state index contributed by atoms with van der Waals surface area (Å²) < 4.78 is 2.48. The highest BCUT2D eigenvalue weighted by atomic mass is 32.1. The normalized spacial score (nSPS) is 11.7. The van der Waals surface area contributed by atoms with Crippen LogP contribution in [0.2, 0.25) is 0 Å². The van der Waals surface area contributed by atoms with Crippen LogP contribution < -0.4 is 0 Å². The molecule has 0 atom stereocenters. The van der Waals surface area contributed by atoms with E-state index in [0.717, 1.165) is 22.1 Å². The molecule has 0 saturated heterocycles. The Bertz CT molecular complexity index is 2510. The van der Waals surface area contributed by atoms with E-state index in [9.17, 15) is 0 Å². The molecule has 0 aliphatic rings. The third kappa shape index (κ3) is 3.92. The fourth-order valence-corrected chi connectivity index (χ4v) is 7.57. The van der Waals surface area contributed by atoms with Crippen LogP contribution in [0, 0.1) is 0 Å². The van der Waals surface area contributed by atoms with Crippen molar-refractivity contribution in [1.29, 1.82) is 0 Å². The third-order valence-electron chi connectivity index (χ3n) is 8.29. The SMILES string of the molecule is c1ccc(-c2nc(-c3ccc4ccccc4c3)nc(-c3cccc4c3sc3c4ccc4ccc5ccccc5c43)n2)cc1. The van der Waals surface area contributed by atoms with Gasteiger partial charge in [0.1, 0.15) is 0 Å². The summed E-state index contributed by atoms with van der Waals surface area (Å²) in [5.41, 5.74) is 2.96. The van der Waals surface area contributed by atoms with Gasteiger partial charge in [-0.15, -0.1) is 11.3 Å². The Morgan fingerprint density at radius 2 is 1.00 bits per heavy atom. The molecule has 0 aliphatic heterocycles. The van der Waals surface area contributed by atoms with Crippen molar-refractivity contribution in [1.82, 2.24) is 15.0 Å². The molecule has 0 bridgehead atoms. The zero-order valence-electron chi connectivity index (χ0n) is 23.0. The summed E-state index contributed by atoms with van der Waals surface area (Å²) in [6.07, 6.45) is 0. The van der Waals surface area contributed by atoms with Crippen molar-refractivity contribution >= 4 is 63.8 Å². The summed E-state index contributed by atoms with van der Waals surface area (Å²) in [4.78, 5) is 15.2. The van der Waals surface area contributed by atoms with Gasteiger partial charge in [0.2, 0.25) is 0 Å². The molecule has 9 aromatic rings. The van der Waals surface area contributed by atoms with Gasteiger partial charge in [-0.05, 0) is 39.1 Å². The van der Waals surface area contributed by atoms with Gasteiger partial charge in [0, 0.05) is 42.2 Å². The van der Waals surface area contributed by atoms with Crippen LogP contribution in [0.3, 0.4) is 0 Å². The number of aromatic nitrogens is 3. The summed E-state index contributed by atoms with van der Waals surface area (Å²) in [6.45, 7) is 0. The maximum Gasteiger partial charge on any atom is 0.165 e. The van der Waals surface area contributed by atoms with Crippen molar-refractivity contribution in [3.8, 4) is 34.2 Å². The van der Waals surface area contributed by atoms with Crippen molar-refractivity contribution in [2.45, 2.75) is 0 Å². The van der Waals surface area contributed by atoms with Gasteiger partial charge in [-0.2, -0.15) is 0 Å². The number of hydrogen-bond acceptors (Lipinski definition) is 4. The molecule has 0 radical (unpaired) electrons. The number of benzene rings is 7. The van der Waals surface area contributed by atoms with Gasteiger partial charge < -0.3 is 0 Å². The van der Waals surface area contributed by atoms with Crippen molar-refractivity contribution in [2.75, 3.05) is 0 Å². The quantitative estimate of drug-likeness (QED) is 0.200. The zero-order chi connectivity index (χ0) is 28.3. The molecule has 200 valence electrons. The lowest BCUT2D eigenvalue weighted by Crippen LogP contribution is -2.00. The van der Waals surface area contributed by atoms with Crippen molar-refractivity contribution in [2.24, 2.45) is 0 Å². The van der Waals surface area contributed by atoms with Crippen LogP contribution in [-0.2, 0) is 0 Å². The molecule has 0 fully saturated rings. The lowest BCUT2D eigenvalue weighted by molar-refractivity contribution is 1.08. The minimum absolute atomic E-state index is 0.670. The first-order chi connectivity index (χ1) is 21.3. The smallest absolute Gasteiger partial charge is 0.165 e. The fraction of sp³-hybridized carbons (Fsp3) is 0. The van der Waals surface area contributed by atoms with Crippen LogP contribution in [0.5, 0.6) is 0 Å². The summed E-state index contributed by atoms with van der Waals surface area (Å²) >= 11 is 1.83. The van der Waals surface area contributed by atoms with Gasteiger partial charge in [0.25, 0.3) is 0 Å². The van der Waals surface area contributed by atoms with Crippen molar-refractivity contribution < 1.29 is 0 Å². The molecule has 0 spiro atoms. The molecule has 2 aromatic heterocycles. The molecule has 3 nitrogen and oxygen atoms in total. The first-order valence-electron chi connectivity index (χ1n) is 14.4. The van der Waals surface area contributed by atoms with Crippen LogP contribution in [0.1, 0.15) is 0 Å². The molecule has 7 aromatic carbocycles. The Hall–Kier alpha value is -5.45. The van der Waals surface area contributed by atoms with E-state index in [1.165, 1.54) is 47.1 Å². The molecule has 0 aliphatic carbocycles. The number of thiophene rings is 1. The average Bonchev–Trinajstić information content (AvgIpc) is 3.47. The van der Waals surface area contributed by atoms with Crippen LogP contribution >= 0.6 is 11.3 Å². The van der Waals surface area contributed by atoms with E-state index in [1.807, 2.05) is 29.5 Å². The second-order valence-corrected chi connectivity index (χ2v) is 11.9. The largest absolute Gasteiger partial charge is 0.208 e. The minimum Gasteiger partial charge on any atom is -0.208 e. The standard InChI is InChI=1S/C39H23N3S/c1-2-11-27(12-3-1)37-40-38(29-20-17-24-9-4-5-13-28(24)23-29)42-39(41-37)33-16-8-15-31-32-22-21-26-19-18-25-10-6-7-14-30(25)34(26)36(32)43-35(31)33/h1-23H. The molecular weight excluding hydrogens is 543 g/mol. The number of fused-ring (bicyclic) bond motifs is 8. The maximum absolute atomic E-state index is 5.12. The maximum atomic E-state index is 5.12. The van der Waals surface area contributed by atoms with Crippen LogP contribution in [0.15, 0.2) is 140 Å². The Morgan fingerprint density at radius 1 is 0.372 bits per heavy atom. The molecule has 0 amide bonds. The van der Waals surface area contributed by atoms with Crippen molar-refractivity contribution in [3.05, 3.63) is 140 Å². The molecule has 0 saturated carbocycles. The molecule has 9 rings (SSSR count). The summed E-state index contributed by atoms with van der Waals surface area (Å²) in [5, 5.41) is 9.94. The predicted molar refractivity (Wildman–Crippen MR) is 182 cm³/mol. The second kappa shape index (κ2) is 9.55. The highest BCUT2D eigenvalue weighted by Gasteiger charge is 2.18. The third-order valence-corrected chi connectivity index (χ3v) is 9.56. The summed E-state index contributed by atoms with van der Waals surface area (Å²) in [6, 6.07) is 49.1. The zero-order valence-corrected chi connectivity index (χ0v) is 23.8. The molecule has 0 unspecified atom stereocenters. The lowest BCUT2D eigenvalue weighted by Gasteiger charge is -2.09. The van der Waals surface area contributed by atoms with Gasteiger partial charge in [-0.1, -0.05) is 127 Å². The summed E-state index contributed by atoms with van der Waals surface area (Å²) in [7, 11) is 0. The fourth-order valence-electron chi connectivity index (χ4n) is 6.19. The van der Waals surface area contributed by atoms with E-state index in [4.69, 9.17) is 15.0 Å². The monoisotopic (exact) mass is 565 g/mol. The van der Waals surface area contributed by atoms with Crippen LogP contribution in [0.25, 0.3) is 86.7 Å². The van der Waals surface area contributed by atoms with E-state index >= 15 is 0 Å². The molecule has 43 heavy (non-hydrogen) atoms. The molecule has 0 N–H and O–H groups in total. The highest BCUT2D eigenvalue weighted by Crippen LogP contribution is 2.44. The summed E-state index contributed by atoms with van der Waals surface area (Å²) in [5.74, 6) is 2.02. The average molecular weight is 566 g/mol. The van der Waals surface area contributed by atoms with E-state index < -0.39 is 0 Å². The molecule has 2 heterocycles. The van der Waals surface area contributed by atoms with E-state index in [1.54, 1.807) is 0 Å². The van der Waals surface area contributed by atoms with Gasteiger partial charge in [-0.3, -0.25) is 0 Å². The minimum atomic E-state index is 0.670. The first kappa shape index (κ1) is 24.2. The van der Waals surface area contributed by atoms with Gasteiger partial charge in [0.15, 0.2) is 17.5 Å². The Kier molecular flexibility index (Phi) is 5.37. The van der Waals surface area contributed by atoms with Crippen LogP contribution in [0.4, 0.5) is 0 Å². The van der Waals surface area contributed by atoms with E-state index in [0.29, 0.717) is 17.5 Å². The van der Waals surface area contributed by atoms with Gasteiger partial charge >= 0.3 is 0 Å².